The topological polar surface area (TPSA) is 63.5 Å². The molecule has 1 aromatic heterocycles. The van der Waals surface area contributed by atoms with E-state index in [2.05, 4.69) is 10.6 Å². The highest BCUT2D eigenvalue weighted by Gasteiger charge is 2.33. The number of nitrogens with one attached hydrogen (secondary N) is 2. The number of ether oxygens (including phenoxy) is 1. The van der Waals surface area contributed by atoms with E-state index in [1.807, 2.05) is 24.3 Å². The summed E-state index contributed by atoms with van der Waals surface area (Å²) in [6.45, 7) is 3.83. The van der Waals surface area contributed by atoms with Gasteiger partial charge in [-0.1, -0.05) is 23.7 Å². The van der Waals surface area contributed by atoms with Gasteiger partial charge in [0.2, 0.25) is 0 Å². The molecule has 1 atom stereocenters. The van der Waals surface area contributed by atoms with Gasteiger partial charge in [-0.3, -0.25) is 0 Å². The van der Waals surface area contributed by atoms with E-state index in [4.69, 9.17) is 33.0 Å². The Hall–Kier alpha value is -2.31. The second kappa shape index (κ2) is 7.29. The molecule has 1 aliphatic rings. The van der Waals surface area contributed by atoms with E-state index >= 15 is 0 Å². The first kappa shape index (κ1) is 17.5. The fourth-order valence-electron chi connectivity index (χ4n) is 2.70. The van der Waals surface area contributed by atoms with Gasteiger partial charge in [0.05, 0.1) is 17.2 Å². The van der Waals surface area contributed by atoms with Crippen LogP contribution in [-0.4, -0.2) is 17.7 Å². The van der Waals surface area contributed by atoms with Crippen LogP contribution in [0.25, 0.3) is 11.3 Å². The number of hydrogen-bond acceptors (Lipinski definition) is 4. The third-order valence-corrected chi connectivity index (χ3v) is 4.36. The number of carbonyl (C=O) groups excluding carboxylic acids is 1. The second-order valence-electron chi connectivity index (χ2n) is 5.47. The summed E-state index contributed by atoms with van der Waals surface area (Å²) in [5.74, 6) is 0.761. The van der Waals surface area contributed by atoms with Gasteiger partial charge in [0.15, 0.2) is 5.11 Å². The smallest absolute Gasteiger partial charge is 0.338 e. The van der Waals surface area contributed by atoms with Crippen LogP contribution in [0, 0.1) is 0 Å². The van der Waals surface area contributed by atoms with Crippen LogP contribution < -0.4 is 10.6 Å². The zero-order valence-electron chi connectivity index (χ0n) is 13.8. The van der Waals surface area contributed by atoms with E-state index in [9.17, 15) is 4.79 Å². The van der Waals surface area contributed by atoms with E-state index in [0.717, 1.165) is 5.56 Å². The molecule has 5 nitrogen and oxygen atoms in total. The van der Waals surface area contributed by atoms with Crippen LogP contribution in [0.15, 0.2) is 52.1 Å². The Labute approximate surface area is 156 Å². The van der Waals surface area contributed by atoms with Crippen molar-refractivity contribution in [2.75, 3.05) is 6.61 Å². The van der Waals surface area contributed by atoms with Crippen molar-refractivity contribution >= 4 is 34.9 Å². The van der Waals surface area contributed by atoms with Crippen molar-refractivity contribution in [3.63, 3.8) is 0 Å². The lowest BCUT2D eigenvalue weighted by molar-refractivity contribution is -0.139. The average molecular weight is 377 g/mol. The van der Waals surface area contributed by atoms with Gasteiger partial charge in [0, 0.05) is 11.3 Å². The molecule has 1 aromatic carbocycles. The third-order valence-electron chi connectivity index (χ3n) is 3.82. The van der Waals surface area contributed by atoms with Gasteiger partial charge in [0.1, 0.15) is 17.6 Å². The number of benzene rings is 1. The molecule has 0 saturated carbocycles. The Balaban J connectivity index is 1.99. The van der Waals surface area contributed by atoms with Crippen LogP contribution in [0.3, 0.4) is 0 Å². The number of halogens is 1. The molecule has 0 spiro atoms. The monoisotopic (exact) mass is 376 g/mol. The molecule has 1 aliphatic heterocycles. The van der Waals surface area contributed by atoms with Gasteiger partial charge in [-0.2, -0.15) is 0 Å². The molecule has 0 saturated heterocycles. The maximum absolute atomic E-state index is 12.4. The zero-order chi connectivity index (χ0) is 18.0. The number of rotatable bonds is 4. The first-order valence-electron chi connectivity index (χ1n) is 7.81. The van der Waals surface area contributed by atoms with Crippen molar-refractivity contribution in [1.29, 1.82) is 0 Å². The first-order chi connectivity index (χ1) is 12.0. The van der Waals surface area contributed by atoms with Crippen LogP contribution in [0.4, 0.5) is 0 Å². The van der Waals surface area contributed by atoms with E-state index in [-0.39, 0.29) is 6.61 Å². The highest BCUT2D eigenvalue weighted by molar-refractivity contribution is 7.80. The Kier molecular flexibility index (Phi) is 5.11. The van der Waals surface area contributed by atoms with Gasteiger partial charge in [-0.25, -0.2) is 4.79 Å². The molecule has 2 heterocycles. The molecule has 2 N–H and O–H groups in total. The predicted octanol–water partition coefficient (Wildman–Crippen LogP) is 3.96. The van der Waals surface area contributed by atoms with Crippen molar-refractivity contribution < 1.29 is 13.9 Å². The van der Waals surface area contributed by atoms with Crippen molar-refractivity contribution in [3.05, 3.63) is 58.5 Å². The molecular formula is C18H17ClN2O3S. The average Bonchev–Trinajstić information content (AvgIpc) is 3.04. The molecule has 0 bridgehead atoms. The molecule has 2 aromatic rings. The van der Waals surface area contributed by atoms with Crippen molar-refractivity contribution in [2.45, 2.75) is 19.9 Å². The van der Waals surface area contributed by atoms with Crippen LogP contribution in [0.2, 0.25) is 5.02 Å². The fourth-order valence-corrected chi connectivity index (χ4v) is 3.20. The summed E-state index contributed by atoms with van der Waals surface area (Å²) >= 11 is 11.4. The van der Waals surface area contributed by atoms with Crippen LogP contribution in [-0.2, 0) is 9.53 Å². The summed E-state index contributed by atoms with van der Waals surface area (Å²) in [4.78, 5) is 12.4. The van der Waals surface area contributed by atoms with E-state index < -0.39 is 12.0 Å². The van der Waals surface area contributed by atoms with E-state index in [1.54, 1.807) is 26.0 Å². The Morgan fingerprint density at radius 2 is 2.08 bits per heavy atom. The van der Waals surface area contributed by atoms with E-state index in [1.165, 1.54) is 0 Å². The van der Waals surface area contributed by atoms with Gasteiger partial charge in [0.25, 0.3) is 0 Å². The molecule has 0 unspecified atom stereocenters. The Bertz CT molecular complexity index is 860. The lowest BCUT2D eigenvalue weighted by atomic mass is 10.0. The molecule has 3 rings (SSSR count). The van der Waals surface area contributed by atoms with Gasteiger partial charge < -0.3 is 19.8 Å². The minimum atomic E-state index is -0.524. The van der Waals surface area contributed by atoms with Crippen molar-refractivity contribution in [1.82, 2.24) is 10.6 Å². The normalized spacial score (nSPS) is 17.1. The van der Waals surface area contributed by atoms with Gasteiger partial charge >= 0.3 is 5.97 Å². The van der Waals surface area contributed by atoms with E-state index in [0.29, 0.717) is 32.9 Å². The third kappa shape index (κ3) is 3.55. The summed E-state index contributed by atoms with van der Waals surface area (Å²) < 4.78 is 11.1. The molecular weight excluding hydrogens is 360 g/mol. The Morgan fingerprint density at radius 1 is 1.32 bits per heavy atom. The van der Waals surface area contributed by atoms with Crippen molar-refractivity contribution in [3.8, 4) is 11.3 Å². The lowest BCUT2D eigenvalue weighted by Gasteiger charge is -2.28. The number of furan rings is 1. The van der Waals surface area contributed by atoms with Gasteiger partial charge in [-0.15, -0.1) is 0 Å². The summed E-state index contributed by atoms with van der Waals surface area (Å²) in [6, 6.07) is 10.5. The fraction of sp³-hybridized carbons (Fsp3) is 0.222. The molecule has 7 heteroatoms. The van der Waals surface area contributed by atoms with Crippen LogP contribution >= 0.6 is 23.8 Å². The van der Waals surface area contributed by atoms with Gasteiger partial charge in [-0.05, 0) is 50.3 Å². The summed E-state index contributed by atoms with van der Waals surface area (Å²) in [5, 5.41) is 7.03. The molecule has 0 aliphatic carbocycles. The number of thiocarbonyl (C=S) groups is 1. The quantitative estimate of drug-likeness (QED) is 0.622. The first-order valence-corrected chi connectivity index (χ1v) is 8.60. The number of hydrogen-bond donors (Lipinski definition) is 2. The molecule has 0 amide bonds. The summed E-state index contributed by atoms with van der Waals surface area (Å²) in [5.41, 5.74) is 1.86. The van der Waals surface area contributed by atoms with Crippen LogP contribution in [0.5, 0.6) is 0 Å². The molecule has 0 fully saturated rings. The number of carbonyl (C=O) groups is 1. The minimum Gasteiger partial charge on any atom is -0.463 e. The predicted molar refractivity (Wildman–Crippen MR) is 100 cm³/mol. The Morgan fingerprint density at radius 3 is 2.80 bits per heavy atom. The molecule has 130 valence electrons. The lowest BCUT2D eigenvalue weighted by Crippen LogP contribution is -2.45. The summed E-state index contributed by atoms with van der Waals surface area (Å²) in [7, 11) is 0. The second-order valence-corrected chi connectivity index (χ2v) is 6.29. The summed E-state index contributed by atoms with van der Waals surface area (Å²) in [6.07, 6.45) is 0. The maximum atomic E-state index is 12.4. The molecule has 25 heavy (non-hydrogen) atoms. The highest BCUT2D eigenvalue weighted by Crippen LogP contribution is 2.34. The van der Waals surface area contributed by atoms with Crippen molar-refractivity contribution in [2.24, 2.45) is 0 Å². The SMILES string of the molecule is CCOC(=O)C1=C(C)NC(=S)N[C@@H]1c1ccc(-c2ccccc2Cl)o1. The largest absolute Gasteiger partial charge is 0.463 e. The highest BCUT2D eigenvalue weighted by atomic mass is 35.5. The van der Waals surface area contributed by atoms with Crippen LogP contribution in [0.1, 0.15) is 25.6 Å². The molecule has 0 radical (unpaired) electrons. The standard InChI is InChI=1S/C18H17ClN2O3S/c1-3-23-17(22)15-10(2)20-18(25)21-16(15)14-9-8-13(24-14)11-6-4-5-7-12(11)19/h4-9,16H,3H2,1-2H3,(H2,20,21,25)/t16-/m1/s1. The minimum absolute atomic E-state index is 0.288. The number of esters is 1. The number of allylic oxidation sites excluding steroid dienone is 1. The zero-order valence-corrected chi connectivity index (χ0v) is 15.3. The maximum Gasteiger partial charge on any atom is 0.338 e.